The second-order valence-corrected chi connectivity index (χ2v) is 12.1. The first-order valence-electron chi connectivity index (χ1n) is 15.1. The fourth-order valence-electron chi connectivity index (χ4n) is 6.49. The molecule has 2 bridgehead atoms. The highest BCUT2D eigenvalue weighted by atomic mass is 15.4. The molecule has 0 aliphatic carbocycles. The number of nitrogens with zero attached hydrogens (tertiary/aromatic N) is 7. The molecule has 0 amide bonds. The van der Waals surface area contributed by atoms with Gasteiger partial charge in [-0.2, -0.15) is 9.61 Å². The first kappa shape index (κ1) is 26.2. The Bertz CT molecular complexity index is 1340. The van der Waals surface area contributed by atoms with E-state index in [9.17, 15) is 0 Å². The van der Waals surface area contributed by atoms with E-state index in [0.29, 0.717) is 6.04 Å². The van der Waals surface area contributed by atoms with Gasteiger partial charge in [0.25, 0.3) is 0 Å². The second kappa shape index (κ2) is 10.8. The number of likely N-dealkylation sites (N-methyl/N-ethyl adjacent to an activating group) is 1. The summed E-state index contributed by atoms with van der Waals surface area (Å²) in [7, 11) is 2.21. The minimum absolute atomic E-state index is 0.219. The minimum atomic E-state index is 0.219. The van der Waals surface area contributed by atoms with Crippen LogP contribution in [-0.4, -0.2) is 76.8 Å². The molecule has 7 nitrogen and oxygen atoms in total. The largest absolute Gasteiger partial charge is 0.363 e. The normalized spacial score (nSPS) is 21.4. The number of benzene rings is 1. The third kappa shape index (κ3) is 5.13. The number of hydrogen-bond donors (Lipinski definition) is 0. The number of piperidine rings is 1. The molecule has 0 N–H and O–H groups in total. The van der Waals surface area contributed by atoms with Gasteiger partial charge in [0.2, 0.25) is 0 Å². The lowest BCUT2D eigenvalue weighted by Gasteiger charge is -2.38. The zero-order valence-corrected chi connectivity index (χ0v) is 24.4. The van der Waals surface area contributed by atoms with Crippen molar-refractivity contribution in [3.63, 3.8) is 0 Å². The molecule has 2 aromatic heterocycles. The summed E-state index contributed by atoms with van der Waals surface area (Å²) in [5, 5.41) is 5.26. The van der Waals surface area contributed by atoms with Gasteiger partial charge in [0.05, 0.1) is 11.7 Å². The lowest BCUT2D eigenvalue weighted by Crippen LogP contribution is -2.40. The third-order valence-corrected chi connectivity index (χ3v) is 9.10. The van der Waals surface area contributed by atoms with Gasteiger partial charge in [-0.05, 0) is 77.5 Å². The van der Waals surface area contributed by atoms with E-state index in [-0.39, 0.29) is 6.04 Å². The van der Waals surface area contributed by atoms with Crippen molar-refractivity contribution in [3.05, 3.63) is 59.3 Å². The molecule has 6 rings (SSSR count). The molecule has 0 spiro atoms. The fraction of sp³-hybridized carbons (Fsp3) is 0.562. The molecule has 5 heterocycles. The lowest BCUT2D eigenvalue weighted by molar-refractivity contribution is 0.222. The van der Waals surface area contributed by atoms with Gasteiger partial charge in [0.15, 0.2) is 5.65 Å². The van der Waals surface area contributed by atoms with Crippen LogP contribution in [0.2, 0.25) is 0 Å². The van der Waals surface area contributed by atoms with E-state index >= 15 is 0 Å². The standard InChI is InChI=1S/C32H45N7/c1-23(2)36-14-8-10-26-13-12-24(3)20-27(26)25(4)38-17-7-6-11-29(38)28-21-31-33-30(37-15-9-16-37)22-32(39(31)34-28)35(5)18-19-36/h12-13,20-23,29H,4,6-11,14-19H2,1-3,5H3/t29-/m0/s1. The first-order valence-corrected chi connectivity index (χ1v) is 15.1. The molecule has 0 unspecified atom stereocenters. The van der Waals surface area contributed by atoms with E-state index in [2.05, 4.69) is 82.3 Å². The number of aryl methyl sites for hydroxylation is 2. The smallest absolute Gasteiger partial charge is 0.160 e. The summed E-state index contributed by atoms with van der Waals surface area (Å²) >= 11 is 0. The van der Waals surface area contributed by atoms with Crippen LogP contribution < -0.4 is 9.80 Å². The van der Waals surface area contributed by atoms with E-state index in [1.807, 2.05) is 0 Å². The molecular formula is C32H45N7. The number of anilines is 2. The molecule has 2 saturated heterocycles. The fourth-order valence-corrected chi connectivity index (χ4v) is 6.49. The van der Waals surface area contributed by atoms with Crippen molar-refractivity contribution in [2.75, 3.05) is 56.1 Å². The molecule has 1 atom stereocenters. The summed E-state index contributed by atoms with van der Waals surface area (Å²) in [5.41, 5.74) is 7.24. The first-order chi connectivity index (χ1) is 18.9. The molecule has 3 aliphatic rings. The van der Waals surface area contributed by atoms with E-state index < -0.39 is 0 Å². The summed E-state index contributed by atoms with van der Waals surface area (Å²) in [6.07, 6.45) is 6.96. The lowest BCUT2D eigenvalue weighted by atomic mass is 9.93. The van der Waals surface area contributed by atoms with Crippen molar-refractivity contribution in [2.24, 2.45) is 0 Å². The maximum atomic E-state index is 5.26. The maximum Gasteiger partial charge on any atom is 0.160 e. The van der Waals surface area contributed by atoms with Crippen LogP contribution in [0.3, 0.4) is 0 Å². The van der Waals surface area contributed by atoms with E-state index in [1.54, 1.807) is 0 Å². The van der Waals surface area contributed by atoms with E-state index in [0.717, 1.165) is 87.2 Å². The number of fused-ring (bicyclic) bond motifs is 4. The van der Waals surface area contributed by atoms with Gasteiger partial charge in [-0.15, -0.1) is 0 Å². The van der Waals surface area contributed by atoms with Crippen molar-refractivity contribution in [1.29, 1.82) is 0 Å². The van der Waals surface area contributed by atoms with Crippen LogP contribution in [-0.2, 0) is 6.42 Å². The van der Waals surface area contributed by atoms with Crippen molar-refractivity contribution in [2.45, 2.75) is 71.4 Å². The van der Waals surface area contributed by atoms with Crippen LogP contribution in [0.15, 0.2) is 36.9 Å². The molecule has 2 fully saturated rings. The van der Waals surface area contributed by atoms with Crippen LogP contribution >= 0.6 is 0 Å². The Hall–Kier alpha value is -3.06. The highest BCUT2D eigenvalue weighted by Gasteiger charge is 2.30. The number of hydrogen-bond acceptors (Lipinski definition) is 6. The predicted octanol–water partition coefficient (Wildman–Crippen LogP) is 5.54. The summed E-state index contributed by atoms with van der Waals surface area (Å²) < 4.78 is 2.10. The van der Waals surface area contributed by atoms with Gasteiger partial charge in [-0.25, -0.2) is 4.98 Å². The van der Waals surface area contributed by atoms with Gasteiger partial charge in [-0.3, -0.25) is 4.90 Å². The Balaban J connectivity index is 1.47. The molecule has 208 valence electrons. The SMILES string of the molecule is C=C1c2cc(C)ccc2CCCN(C(C)C)CCN(C)c2cc(N3CCC3)nc3cc(nn23)[C@@H]2CCCCN12. The molecule has 0 radical (unpaired) electrons. The van der Waals surface area contributed by atoms with Crippen molar-refractivity contribution >= 4 is 23.0 Å². The van der Waals surface area contributed by atoms with Crippen molar-refractivity contribution in [3.8, 4) is 0 Å². The van der Waals surface area contributed by atoms with Gasteiger partial charge in [-0.1, -0.05) is 24.3 Å². The Labute approximate surface area is 234 Å². The maximum absolute atomic E-state index is 5.26. The summed E-state index contributed by atoms with van der Waals surface area (Å²) in [5.74, 6) is 2.21. The van der Waals surface area contributed by atoms with E-state index in [1.165, 1.54) is 36.0 Å². The van der Waals surface area contributed by atoms with Gasteiger partial charge in [0.1, 0.15) is 11.6 Å². The predicted molar refractivity (Wildman–Crippen MR) is 162 cm³/mol. The van der Waals surface area contributed by atoms with Gasteiger partial charge < -0.3 is 14.7 Å². The molecule has 3 aliphatic heterocycles. The topological polar surface area (TPSA) is 43.1 Å². The summed E-state index contributed by atoms with van der Waals surface area (Å²) in [6, 6.07) is 12.2. The molecule has 1 aromatic carbocycles. The van der Waals surface area contributed by atoms with E-state index in [4.69, 9.17) is 16.7 Å². The Morgan fingerprint density at radius 1 is 0.923 bits per heavy atom. The summed E-state index contributed by atoms with van der Waals surface area (Å²) in [4.78, 5) is 15.0. The average molecular weight is 528 g/mol. The highest BCUT2D eigenvalue weighted by molar-refractivity contribution is 5.67. The Morgan fingerprint density at radius 2 is 1.77 bits per heavy atom. The zero-order valence-electron chi connectivity index (χ0n) is 24.4. The van der Waals surface area contributed by atoms with Crippen LogP contribution in [0, 0.1) is 6.92 Å². The molecule has 7 heteroatoms. The Morgan fingerprint density at radius 3 is 2.54 bits per heavy atom. The van der Waals surface area contributed by atoms with Crippen LogP contribution in [0.5, 0.6) is 0 Å². The van der Waals surface area contributed by atoms with Gasteiger partial charge in [0, 0.05) is 69.2 Å². The number of rotatable bonds is 2. The second-order valence-electron chi connectivity index (χ2n) is 12.1. The Kier molecular flexibility index (Phi) is 7.27. The van der Waals surface area contributed by atoms with Crippen LogP contribution in [0.4, 0.5) is 11.6 Å². The molecular weight excluding hydrogens is 482 g/mol. The van der Waals surface area contributed by atoms with Crippen molar-refractivity contribution < 1.29 is 0 Å². The number of aromatic nitrogens is 3. The zero-order chi connectivity index (χ0) is 27.1. The van der Waals surface area contributed by atoms with Crippen molar-refractivity contribution in [1.82, 2.24) is 24.4 Å². The third-order valence-electron chi connectivity index (χ3n) is 9.10. The molecule has 39 heavy (non-hydrogen) atoms. The monoisotopic (exact) mass is 527 g/mol. The molecule has 0 saturated carbocycles. The van der Waals surface area contributed by atoms with Gasteiger partial charge >= 0.3 is 0 Å². The summed E-state index contributed by atoms with van der Waals surface area (Å²) in [6.45, 7) is 17.8. The minimum Gasteiger partial charge on any atom is -0.363 e. The molecule has 3 aromatic rings. The van der Waals surface area contributed by atoms with Crippen LogP contribution in [0.25, 0.3) is 11.3 Å². The van der Waals surface area contributed by atoms with Crippen LogP contribution in [0.1, 0.15) is 74.4 Å². The highest BCUT2D eigenvalue weighted by Crippen LogP contribution is 2.38. The quantitative estimate of drug-likeness (QED) is 0.436. The average Bonchev–Trinajstić information content (AvgIpc) is 3.32.